The smallest absolute Gasteiger partial charge is 0.410 e. The number of aromatic nitrogens is 2. The fourth-order valence-electron chi connectivity index (χ4n) is 5.47. The zero-order chi connectivity index (χ0) is 31.2. The van der Waals surface area contributed by atoms with Gasteiger partial charge in [0.15, 0.2) is 10.9 Å². The molecule has 11 heteroatoms. The van der Waals surface area contributed by atoms with Gasteiger partial charge in [-0.2, -0.15) is 5.26 Å². The Hall–Kier alpha value is -4.30. The quantitative estimate of drug-likeness (QED) is 0.221. The highest BCUT2D eigenvalue weighted by Gasteiger charge is 2.32. The first-order valence-corrected chi connectivity index (χ1v) is 15.7. The van der Waals surface area contributed by atoms with Gasteiger partial charge in [0.1, 0.15) is 33.6 Å². The van der Waals surface area contributed by atoms with Crippen LogP contribution in [0.2, 0.25) is 0 Å². The fourth-order valence-corrected chi connectivity index (χ4v) is 6.44. The maximum Gasteiger partial charge on any atom is 0.410 e. The predicted molar refractivity (Wildman–Crippen MR) is 169 cm³/mol. The number of piperazine rings is 1. The summed E-state index contributed by atoms with van der Waals surface area (Å²) in [5.41, 5.74) is 3.33. The van der Waals surface area contributed by atoms with Crippen molar-refractivity contribution in [3.8, 4) is 17.3 Å². The van der Waals surface area contributed by atoms with E-state index in [4.69, 9.17) is 14.7 Å². The van der Waals surface area contributed by atoms with E-state index in [1.54, 1.807) is 17.0 Å². The molecule has 1 aliphatic carbocycles. The van der Waals surface area contributed by atoms with Gasteiger partial charge in [-0.25, -0.2) is 23.5 Å². The molecule has 1 aliphatic heterocycles. The monoisotopic (exact) mass is 616 g/mol. The molecule has 0 bridgehead atoms. The zero-order valence-corrected chi connectivity index (χ0v) is 26.0. The van der Waals surface area contributed by atoms with E-state index in [-0.39, 0.29) is 23.6 Å². The van der Waals surface area contributed by atoms with E-state index < -0.39 is 5.60 Å². The maximum absolute atomic E-state index is 15.7. The van der Waals surface area contributed by atoms with Crippen molar-refractivity contribution in [1.82, 2.24) is 14.9 Å². The number of ether oxygens (including phenoxy) is 1. The van der Waals surface area contributed by atoms with Crippen molar-refractivity contribution < 1.29 is 18.3 Å². The molecular formula is C33H34F2N6O2S. The lowest BCUT2D eigenvalue weighted by molar-refractivity contribution is 0.0240. The Morgan fingerprint density at radius 3 is 2.41 bits per heavy atom. The van der Waals surface area contributed by atoms with Crippen LogP contribution in [0, 0.1) is 23.0 Å². The van der Waals surface area contributed by atoms with Crippen LogP contribution in [0.4, 0.5) is 30.1 Å². The van der Waals surface area contributed by atoms with Gasteiger partial charge >= 0.3 is 6.09 Å². The normalized spacial score (nSPS) is 15.4. The summed E-state index contributed by atoms with van der Waals surface area (Å²) in [4.78, 5) is 28.5. The van der Waals surface area contributed by atoms with Crippen LogP contribution < -0.4 is 9.80 Å². The Morgan fingerprint density at radius 1 is 1.09 bits per heavy atom. The number of halogens is 2. The van der Waals surface area contributed by atoms with Gasteiger partial charge in [0.2, 0.25) is 0 Å². The maximum atomic E-state index is 15.7. The third-order valence-electron chi connectivity index (χ3n) is 7.80. The van der Waals surface area contributed by atoms with Crippen molar-refractivity contribution in [1.29, 1.82) is 5.26 Å². The molecule has 1 amide bonds. The minimum atomic E-state index is -0.566. The number of anilines is 3. The van der Waals surface area contributed by atoms with Crippen LogP contribution in [0.15, 0.2) is 42.5 Å². The van der Waals surface area contributed by atoms with Crippen LogP contribution in [0.1, 0.15) is 57.0 Å². The number of hydrogen-bond acceptors (Lipinski definition) is 8. The molecular weight excluding hydrogens is 582 g/mol. The molecule has 4 aromatic rings. The molecule has 3 heterocycles. The average molecular weight is 617 g/mol. The molecule has 0 atom stereocenters. The Labute approximate surface area is 259 Å². The number of amides is 1. The average Bonchev–Trinajstić information content (AvgIpc) is 3.75. The van der Waals surface area contributed by atoms with Gasteiger partial charge in [0.05, 0.1) is 11.4 Å². The van der Waals surface area contributed by atoms with Crippen LogP contribution in [0.5, 0.6) is 0 Å². The minimum absolute atomic E-state index is 0.232. The van der Waals surface area contributed by atoms with Crippen LogP contribution in [0.3, 0.4) is 0 Å². The third kappa shape index (κ3) is 6.04. The lowest BCUT2D eigenvalue weighted by Gasteiger charge is -2.36. The van der Waals surface area contributed by atoms with Gasteiger partial charge in [-0.1, -0.05) is 11.3 Å². The summed E-state index contributed by atoms with van der Waals surface area (Å²) in [5.74, 6) is -0.510. The summed E-state index contributed by atoms with van der Waals surface area (Å²) in [7, 11) is 0. The molecule has 0 spiro atoms. The number of nitrogens with zero attached hydrogens (tertiary/aromatic N) is 6. The summed E-state index contributed by atoms with van der Waals surface area (Å²) in [5, 5.41) is 11.2. The first-order chi connectivity index (χ1) is 21.0. The largest absolute Gasteiger partial charge is 0.444 e. The summed E-state index contributed by atoms with van der Waals surface area (Å²) in [6, 6.07) is 13.7. The third-order valence-corrected chi connectivity index (χ3v) is 8.78. The summed E-state index contributed by atoms with van der Waals surface area (Å²) in [6.07, 6.45) is 1.62. The number of nitriles is 1. The van der Waals surface area contributed by atoms with E-state index in [0.717, 1.165) is 29.9 Å². The highest BCUT2D eigenvalue weighted by molar-refractivity contribution is 7.16. The molecule has 0 unspecified atom stereocenters. The number of carbonyl (C=O) groups excluding carboxylic acids is 1. The van der Waals surface area contributed by atoms with Gasteiger partial charge in [0.25, 0.3) is 0 Å². The summed E-state index contributed by atoms with van der Waals surface area (Å²) in [6.45, 7) is 10.1. The molecule has 44 heavy (non-hydrogen) atoms. The van der Waals surface area contributed by atoms with Gasteiger partial charge in [-0.3, -0.25) is 0 Å². The minimum Gasteiger partial charge on any atom is -0.444 e. The van der Waals surface area contributed by atoms with E-state index >= 15 is 4.39 Å². The molecule has 2 aromatic heterocycles. The molecule has 1 saturated heterocycles. The molecule has 0 N–H and O–H groups in total. The lowest BCUT2D eigenvalue weighted by atomic mass is 10.1. The zero-order valence-electron chi connectivity index (χ0n) is 25.2. The summed E-state index contributed by atoms with van der Waals surface area (Å²) < 4.78 is 34.7. The van der Waals surface area contributed by atoms with Gasteiger partial charge in [0, 0.05) is 55.3 Å². The molecule has 2 aromatic carbocycles. The molecule has 6 rings (SSSR count). The molecule has 2 fully saturated rings. The van der Waals surface area contributed by atoms with Crippen molar-refractivity contribution in [2.45, 2.75) is 52.1 Å². The number of carbonyl (C=O) groups is 1. The lowest BCUT2D eigenvalue weighted by Crippen LogP contribution is -2.50. The second kappa shape index (κ2) is 11.7. The van der Waals surface area contributed by atoms with Crippen molar-refractivity contribution in [3.63, 3.8) is 0 Å². The van der Waals surface area contributed by atoms with Crippen LogP contribution in [0.25, 0.3) is 22.2 Å². The van der Waals surface area contributed by atoms with Crippen molar-refractivity contribution in [3.05, 3.63) is 64.7 Å². The van der Waals surface area contributed by atoms with Crippen molar-refractivity contribution in [2.75, 3.05) is 42.5 Å². The molecule has 228 valence electrons. The highest BCUT2D eigenvalue weighted by atomic mass is 32.1. The molecule has 2 aliphatic rings. The van der Waals surface area contributed by atoms with Gasteiger partial charge < -0.3 is 19.4 Å². The number of hydrogen-bond donors (Lipinski definition) is 0. The topological polar surface area (TPSA) is 85.6 Å². The Kier molecular flexibility index (Phi) is 7.88. The molecule has 1 saturated carbocycles. The van der Waals surface area contributed by atoms with Crippen molar-refractivity contribution >= 4 is 44.8 Å². The van der Waals surface area contributed by atoms with Crippen LogP contribution >= 0.6 is 11.3 Å². The number of thiazole rings is 1. The summed E-state index contributed by atoms with van der Waals surface area (Å²) >= 11 is 1.27. The van der Waals surface area contributed by atoms with E-state index in [2.05, 4.69) is 11.0 Å². The number of benzene rings is 2. The first kappa shape index (κ1) is 29.8. The second-order valence-electron chi connectivity index (χ2n) is 12.2. The number of pyridine rings is 1. The SMILES string of the molecule is CCN(c1nc(-c2ccc(F)cc2)c(C#N)s1)c1cc2cc(N3CCN(C(=O)OC(C)(C)C)CC3)cc(F)c2nc1C1CC1. The number of fused-ring (bicyclic) bond motifs is 1. The Morgan fingerprint density at radius 2 is 1.80 bits per heavy atom. The highest BCUT2D eigenvalue weighted by Crippen LogP contribution is 2.47. The van der Waals surface area contributed by atoms with Crippen molar-refractivity contribution in [2.24, 2.45) is 0 Å². The van der Waals surface area contributed by atoms with E-state index in [9.17, 15) is 14.4 Å². The standard InChI is InChI=1S/C33H34F2N6O2S/c1-5-41(31-38-30(27(19-36)44-31)21-8-10-23(34)11-9-21)26-17-22-16-24(18-25(35)28(22)37-29(26)20-6-7-20)39-12-14-40(15-13-39)32(42)43-33(2,3)4/h8-11,16-18,20H,5-7,12-15H2,1-4H3. The molecule has 8 nitrogen and oxygen atoms in total. The first-order valence-electron chi connectivity index (χ1n) is 14.9. The van der Waals surface area contributed by atoms with Crippen LogP contribution in [-0.2, 0) is 4.74 Å². The van der Waals surface area contributed by atoms with Gasteiger partial charge in [-0.05, 0) is 83.0 Å². The van der Waals surface area contributed by atoms with Gasteiger partial charge in [-0.15, -0.1) is 0 Å². The fraction of sp³-hybridized carbons (Fsp3) is 0.394. The predicted octanol–water partition coefficient (Wildman–Crippen LogP) is 7.60. The Balaban J connectivity index is 1.33. The van der Waals surface area contributed by atoms with Crippen LogP contribution in [-0.4, -0.2) is 59.3 Å². The number of rotatable bonds is 6. The molecule has 0 radical (unpaired) electrons. The Bertz CT molecular complexity index is 1750. The second-order valence-corrected chi connectivity index (χ2v) is 13.1. The van der Waals surface area contributed by atoms with E-state index in [1.807, 2.05) is 44.7 Å². The van der Waals surface area contributed by atoms with E-state index in [0.29, 0.717) is 64.9 Å². The van der Waals surface area contributed by atoms with E-state index in [1.165, 1.54) is 29.5 Å².